The van der Waals surface area contributed by atoms with Crippen molar-refractivity contribution in [1.82, 2.24) is 14.8 Å². The minimum Gasteiger partial charge on any atom is -0.355 e. The molecule has 150 valence electrons. The summed E-state index contributed by atoms with van der Waals surface area (Å²) in [5, 5.41) is 8.54. The second-order valence-corrected chi connectivity index (χ2v) is 7.78. The zero-order valence-corrected chi connectivity index (χ0v) is 16.3. The summed E-state index contributed by atoms with van der Waals surface area (Å²) in [6.07, 6.45) is 4.03. The summed E-state index contributed by atoms with van der Waals surface area (Å²) < 4.78 is 2.00. The van der Waals surface area contributed by atoms with Gasteiger partial charge in [-0.1, -0.05) is 25.1 Å². The third-order valence-electron chi connectivity index (χ3n) is 5.78. The lowest BCUT2D eigenvalue weighted by atomic mass is 10.0. The van der Waals surface area contributed by atoms with Gasteiger partial charge in [-0.05, 0) is 57.0 Å². The van der Waals surface area contributed by atoms with Gasteiger partial charge in [-0.3, -0.25) is 9.36 Å². The van der Waals surface area contributed by atoms with Crippen LogP contribution >= 0.6 is 0 Å². The van der Waals surface area contributed by atoms with E-state index in [4.69, 9.17) is 0 Å². The summed E-state index contributed by atoms with van der Waals surface area (Å²) in [7, 11) is 1.86. The molecule has 0 N–H and O–H groups in total. The first-order valence-electron chi connectivity index (χ1n) is 9.72. The minimum atomic E-state index is -0.143. The Labute approximate surface area is 171 Å². The van der Waals surface area contributed by atoms with E-state index in [-0.39, 0.29) is 19.4 Å². The molecule has 2 heterocycles. The van der Waals surface area contributed by atoms with Crippen molar-refractivity contribution in [1.29, 1.82) is 0 Å². The zero-order valence-electron chi connectivity index (χ0n) is 16.3. The Hall–Kier alpha value is -3.15. The van der Waals surface area contributed by atoms with Gasteiger partial charge < -0.3 is 9.80 Å². The Morgan fingerprint density at radius 3 is 2.45 bits per heavy atom. The van der Waals surface area contributed by atoms with Crippen LogP contribution in [-0.4, -0.2) is 39.8 Å². The summed E-state index contributed by atoms with van der Waals surface area (Å²) in [5.41, 5.74) is 5.31. The molecule has 5 rings (SSSR count). The highest BCUT2D eigenvalue weighted by Crippen LogP contribution is 2.43. The van der Waals surface area contributed by atoms with Gasteiger partial charge in [0.2, 0.25) is 5.91 Å². The SMILES string of the molecule is C.Cc1ccc(-n2cnnc2-c2ccc3c(c2)N(C2CC2)C(C)C(=O)N3C)cc1. The van der Waals surface area contributed by atoms with Crippen LogP contribution in [0.25, 0.3) is 17.1 Å². The van der Waals surface area contributed by atoms with Crippen LogP contribution in [0.4, 0.5) is 11.4 Å². The highest BCUT2D eigenvalue weighted by atomic mass is 16.2. The lowest BCUT2D eigenvalue weighted by Gasteiger charge is -2.40. The fraction of sp³-hybridized carbons (Fsp3) is 0.348. The molecule has 2 aliphatic rings. The number of aromatic nitrogens is 3. The maximum Gasteiger partial charge on any atom is 0.249 e. The molecule has 0 spiro atoms. The molecular weight excluding hydrogens is 362 g/mol. The smallest absolute Gasteiger partial charge is 0.249 e. The van der Waals surface area contributed by atoms with Gasteiger partial charge in [0.15, 0.2) is 5.82 Å². The second-order valence-electron chi connectivity index (χ2n) is 7.78. The lowest BCUT2D eigenvalue weighted by molar-refractivity contribution is -0.119. The number of benzene rings is 2. The molecule has 6 heteroatoms. The number of rotatable bonds is 3. The molecule has 1 aliphatic heterocycles. The van der Waals surface area contributed by atoms with Crippen LogP contribution in [-0.2, 0) is 4.79 Å². The number of fused-ring (bicyclic) bond motifs is 1. The first kappa shape index (κ1) is 19.2. The van der Waals surface area contributed by atoms with Crippen LogP contribution in [0, 0.1) is 6.92 Å². The second kappa shape index (κ2) is 7.03. The number of aryl methyl sites for hydroxylation is 1. The highest BCUT2D eigenvalue weighted by molar-refractivity contribution is 6.05. The van der Waals surface area contributed by atoms with Crippen molar-refractivity contribution in [2.24, 2.45) is 0 Å². The number of hydrogen-bond donors (Lipinski definition) is 0. The normalized spacial score (nSPS) is 18.4. The summed E-state index contributed by atoms with van der Waals surface area (Å²) >= 11 is 0. The van der Waals surface area contributed by atoms with E-state index in [1.807, 2.05) is 30.7 Å². The topological polar surface area (TPSA) is 54.3 Å². The zero-order chi connectivity index (χ0) is 19.4. The molecule has 2 aromatic carbocycles. The van der Waals surface area contributed by atoms with Crippen LogP contribution in [0.2, 0.25) is 0 Å². The van der Waals surface area contributed by atoms with Gasteiger partial charge in [0.05, 0.1) is 11.4 Å². The number of carbonyl (C=O) groups is 1. The van der Waals surface area contributed by atoms with Gasteiger partial charge in [0.1, 0.15) is 12.4 Å². The maximum atomic E-state index is 12.7. The third kappa shape index (κ3) is 3.09. The first-order valence-corrected chi connectivity index (χ1v) is 9.72. The maximum absolute atomic E-state index is 12.7. The van der Waals surface area contributed by atoms with Crippen molar-refractivity contribution in [2.45, 2.75) is 46.2 Å². The molecule has 1 aliphatic carbocycles. The summed E-state index contributed by atoms with van der Waals surface area (Å²) in [6.45, 7) is 4.08. The number of amides is 1. The molecule has 29 heavy (non-hydrogen) atoms. The molecule has 0 bridgehead atoms. The first-order chi connectivity index (χ1) is 13.5. The molecule has 6 nitrogen and oxygen atoms in total. The van der Waals surface area contributed by atoms with E-state index in [1.165, 1.54) is 5.56 Å². The van der Waals surface area contributed by atoms with Crippen LogP contribution < -0.4 is 9.80 Å². The number of nitrogens with zero attached hydrogens (tertiary/aromatic N) is 5. The number of anilines is 2. The molecule has 1 amide bonds. The average Bonchev–Trinajstić information content (AvgIpc) is 3.41. The molecule has 1 atom stereocenters. The van der Waals surface area contributed by atoms with Gasteiger partial charge in [-0.15, -0.1) is 10.2 Å². The summed E-state index contributed by atoms with van der Waals surface area (Å²) in [4.78, 5) is 16.7. The Balaban J connectivity index is 0.00000205. The summed E-state index contributed by atoms with van der Waals surface area (Å²) in [5.74, 6) is 0.949. The van der Waals surface area contributed by atoms with E-state index < -0.39 is 0 Å². The van der Waals surface area contributed by atoms with Crippen molar-refractivity contribution >= 4 is 17.3 Å². The minimum absolute atomic E-state index is 0. The Kier molecular flexibility index (Phi) is 4.65. The Morgan fingerprint density at radius 2 is 1.76 bits per heavy atom. The van der Waals surface area contributed by atoms with E-state index in [1.54, 1.807) is 11.2 Å². The van der Waals surface area contributed by atoms with Crippen molar-refractivity contribution in [3.05, 3.63) is 54.4 Å². The molecular formula is C23H27N5O. The van der Waals surface area contributed by atoms with Crippen molar-refractivity contribution in [3.63, 3.8) is 0 Å². The lowest BCUT2D eigenvalue weighted by Crippen LogP contribution is -2.51. The number of likely N-dealkylation sites (N-methyl/N-ethyl adjacent to an activating group) is 1. The van der Waals surface area contributed by atoms with Crippen LogP contribution in [0.5, 0.6) is 0 Å². The van der Waals surface area contributed by atoms with Crippen LogP contribution in [0.1, 0.15) is 32.8 Å². The fourth-order valence-corrected chi connectivity index (χ4v) is 4.07. The standard InChI is InChI=1S/C22H23N5O.CH4/c1-14-4-7-17(8-5-14)26-13-23-24-21(26)16-6-11-19-20(12-16)27(18-9-10-18)15(2)22(28)25(19)3;/h4-8,11-13,15,18H,9-10H2,1-3H3;1H4. The molecule has 1 aromatic heterocycles. The quantitative estimate of drug-likeness (QED) is 0.673. The average molecular weight is 390 g/mol. The van der Waals surface area contributed by atoms with Gasteiger partial charge in [0, 0.05) is 24.3 Å². The fourth-order valence-electron chi connectivity index (χ4n) is 4.07. The molecule has 1 fully saturated rings. The highest BCUT2D eigenvalue weighted by Gasteiger charge is 2.41. The van der Waals surface area contributed by atoms with E-state index in [9.17, 15) is 4.79 Å². The monoisotopic (exact) mass is 389 g/mol. The molecule has 1 saturated carbocycles. The van der Waals surface area contributed by atoms with E-state index >= 15 is 0 Å². The van der Waals surface area contributed by atoms with Crippen molar-refractivity contribution in [3.8, 4) is 17.1 Å². The van der Waals surface area contributed by atoms with Gasteiger partial charge in [-0.25, -0.2) is 0 Å². The van der Waals surface area contributed by atoms with Gasteiger partial charge in [0.25, 0.3) is 0 Å². The van der Waals surface area contributed by atoms with E-state index in [0.29, 0.717) is 6.04 Å². The largest absolute Gasteiger partial charge is 0.355 e. The Bertz CT molecular complexity index is 1050. The van der Waals surface area contributed by atoms with Gasteiger partial charge in [-0.2, -0.15) is 0 Å². The van der Waals surface area contributed by atoms with E-state index in [2.05, 4.69) is 52.4 Å². The number of hydrogen-bond acceptors (Lipinski definition) is 4. The van der Waals surface area contributed by atoms with Crippen molar-refractivity contribution < 1.29 is 4.79 Å². The van der Waals surface area contributed by atoms with Crippen molar-refractivity contribution in [2.75, 3.05) is 16.8 Å². The summed E-state index contributed by atoms with van der Waals surface area (Å²) in [6, 6.07) is 14.8. The van der Waals surface area contributed by atoms with E-state index in [0.717, 1.165) is 41.3 Å². The number of carbonyl (C=O) groups excluding carboxylic acids is 1. The predicted octanol–water partition coefficient (Wildman–Crippen LogP) is 4.21. The molecule has 3 aromatic rings. The van der Waals surface area contributed by atoms with Crippen LogP contribution in [0.15, 0.2) is 48.8 Å². The molecule has 1 unspecified atom stereocenters. The Morgan fingerprint density at radius 1 is 1.03 bits per heavy atom. The molecule has 0 radical (unpaired) electrons. The van der Waals surface area contributed by atoms with Gasteiger partial charge >= 0.3 is 0 Å². The van der Waals surface area contributed by atoms with Crippen LogP contribution in [0.3, 0.4) is 0 Å². The predicted molar refractivity (Wildman–Crippen MR) is 117 cm³/mol. The molecule has 0 saturated heterocycles. The third-order valence-corrected chi connectivity index (χ3v) is 5.78.